The Hall–Kier alpha value is -0.120. The van der Waals surface area contributed by atoms with Crippen molar-refractivity contribution < 1.29 is 14.6 Å². The maximum Gasteiger partial charge on any atom is 0.0563 e. The van der Waals surface area contributed by atoms with E-state index in [1.165, 1.54) is 218 Å². The molecule has 0 fully saturated rings. The van der Waals surface area contributed by atoms with Gasteiger partial charge < -0.3 is 14.6 Å². The first kappa shape index (κ1) is 47.9. The van der Waals surface area contributed by atoms with E-state index in [0.717, 1.165) is 26.1 Å². The van der Waals surface area contributed by atoms with Gasteiger partial charge in [0.1, 0.15) is 0 Å². The van der Waals surface area contributed by atoms with E-state index < -0.39 is 0 Å². The molecule has 1 N–H and O–H groups in total. The van der Waals surface area contributed by atoms with Gasteiger partial charge in [-0.15, -0.1) is 0 Å². The van der Waals surface area contributed by atoms with Crippen molar-refractivity contribution in [2.75, 3.05) is 33.0 Å². The van der Waals surface area contributed by atoms with E-state index in [2.05, 4.69) is 20.8 Å². The first-order valence-electron chi connectivity index (χ1n) is 22.4. The van der Waals surface area contributed by atoms with E-state index >= 15 is 0 Å². The summed E-state index contributed by atoms with van der Waals surface area (Å²) in [5.41, 5.74) is -0.275. The van der Waals surface area contributed by atoms with Crippen LogP contribution in [0.25, 0.3) is 0 Å². The fourth-order valence-electron chi connectivity index (χ4n) is 6.98. The molecule has 0 aromatic rings. The summed E-state index contributed by atoms with van der Waals surface area (Å²) in [4.78, 5) is 0. The van der Waals surface area contributed by atoms with Crippen LogP contribution in [0.4, 0.5) is 0 Å². The van der Waals surface area contributed by atoms with E-state index in [1.54, 1.807) is 0 Å². The minimum Gasteiger partial charge on any atom is -0.396 e. The van der Waals surface area contributed by atoms with Crippen LogP contribution in [-0.4, -0.2) is 38.1 Å². The number of hydrogen-bond donors (Lipinski definition) is 1. The molecule has 0 aliphatic heterocycles. The molecule has 0 atom stereocenters. The predicted octanol–water partition coefficient (Wildman–Crippen LogP) is 15.1. The highest BCUT2D eigenvalue weighted by Crippen LogP contribution is 2.19. The number of ether oxygens (including phenoxy) is 2. The Morgan fingerprint density at radius 2 is 0.500 bits per heavy atom. The first-order valence-corrected chi connectivity index (χ1v) is 22.4. The van der Waals surface area contributed by atoms with Crippen molar-refractivity contribution in [1.29, 1.82) is 0 Å². The molecule has 0 radical (unpaired) electrons. The Bertz CT molecular complexity index is 520. The van der Waals surface area contributed by atoms with Gasteiger partial charge in [0.25, 0.3) is 0 Å². The van der Waals surface area contributed by atoms with Crippen molar-refractivity contribution in [1.82, 2.24) is 0 Å². The topological polar surface area (TPSA) is 38.7 Å². The van der Waals surface area contributed by atoms with E-state index in [1.807, 2.05) is 0 Å². The highest BCUT2D eigenvalue weighted by Gasteiger charge is 2.24. The van der Waals surface area contributed by atoms with Crippen LogP contribution in [0, 0.1) is 5.41 Å². The summed E-state index contributed by atoms with van der Waals surface area (Å²) in [6.07, 6.45) is 50.5. The van der Waals surface area contributed by atoms with Gasteiger partial charge in [0.05, 0.1) is 19.8 Å². The minimum absolute atomic E-state index is 0.130. The van der Waals surface area contributed by atoms with Crippen LogP contribution < -0.4 is 0 Å². The Morgan fingerprint density at radius 1 is 0.312 bits per heavy atom. The minimum atomic E-state index is -0.275. The van der Waals surface area contributed by atoms with Gasteiger partial charge >= 0.3 is 0 Å². The lowest BCUT2D eigenvalue weighted by Crippen LogP contribution is -2.33. The number of unbranched alkanes of at least 4 members (excludes halogenated alkanes) is 34. The summed E-state index contributed by atoms with van der Waals surface area (Å²) in [6, 6.07) is 0. The quantitative estimate of drug-likeness (QED) is 0.0651. The summed E-state index contributed by atoms with van der Waals surface area (Å²) in [6.45, 7) is 9.65. The molecule has 0 aliphatic carbocycles. The van der Waals surface area contributed by atoms with Gasteiger partial charge in [0.15, 0.2) is 0 Å². The zero-order valence-electron chi connectivity index (χ0n) is 33.8. The van der Waals surface area contributed by atoms with Crippen LogP contribution in [0.1, 0.15) is 252 Å². The molecule has 3 heteroatoms. The molecule has 0 aromatic heterocycles. The second kappa shape index (κ2) is 41.3. The highest BCUT2D eigenvalue weighted by molar-refractivity contribution is 4.72. The lowest BCUT2D eigenvalue weighted by atomic mass is 9.94. The van der Waals surface area contributed by atoms with Crippen LogP contribution in [0.15, 0.2) is 0 Å². The second-order valence-electron chi connectivity index (χ2n) is 16.1. The van der Waals surface area contributed by atoms with E-state index in [4.69, 9.17) is 9.47 Å². The van der Waals surface area contributed by atoms with Gasteiger partial charge in [-0.25, -0.2) is 0 Å². The van der Waals surface area contributed by atoms with Crippen LogP contribution in [-0.2, 0) is 9.47 Å². The van der Waals surface area contributed by atoms with Crippen LogP contribution in [0.5, 0.6) is 0 Å². The Labute approximate surface area is 304 Å². The molecule has 0 aliphatic rings. The lowest BCUT2D eigenvalue weighted by Gasteiger charge is -2.26. The zero-order valence-corrected chi connectivity index (χ0v) is 33.8. The molecule has 0 rings (SSSR count). The predicted molar refractivity (Wildman–Crippen MR) is 214 cm³/mol. The largest absolute Gasteiger partial charge is 0.396 e. The molecule has 0 unspecified atom stereocenters. The van der Waals surface area contributed by atoms with E-state index in [-0.39, 0.29) is 12.0 Å². The summed E-state index contributed by atoms with van der Waals surface area (Å²) in [5.74, 6) is 0. The number of aliphatic hydroxyl groups is 1. The van der Waals surface area contributed by atoms with Gasteiger partial charge in [-0.1, -0.05) is 239 Å². The molecule has 0 heterocycles. The highest BCUT2D eigenvalue weighted by atomic mass is 16.5. The summed E-state index contributed by atoms with van der Waals surface area (Å²) < 4.78 is 11.9. The average molecular weight is 681 g/mol. The summed E-state index contributed by atoms with van der Waals surface area (Å²) in [7, 11) is 0. The molecule has 3 nitrogen and oxygen atoms in total. The van der Waals surface area contributed by atoms with Crippen molar-refractivity contribution in [3.63, 3.8) is 0 Å². The van der Waals surface area contributed by atoms with Gasteiger partial charge in [0, 0.05) is 18.6 Å². The molecule has 0 amide bonds. The second-order valence-corrected chi connectivity index (χ2v) is 16.1. The maximum absolute atomic E-state index is 9.94. The number of rotatable bonds is 43. The lowest BCUT2D eigenvalue weighted by molar-refractivity contribution is -0.0418. The number of aliphatic hydroxyl groups excluding tert-OH is 1. The fourth-order valence-corrected chi connectivity index (χ4v) is 6.98. The SMILES string of the molecule is CCCCCCCCCCCCCCCCCCCCOCC(C)(CO)COCCCCCCCCCCCCCCCCCCCC. The van der Waals surface area contributed by atoms with Crippen molar-refractivity contribution in [2.45, 2.75) is 252 Å². The molecule has 0 bridgehead atoms. The third-order valence-electron chi connectivity index (χ3n) is 10.6. The van der Waals surface area contributed by atoms with Gasteiger partial charge in [-0.05, 0) is 12.8 Å². The molecular formula is C45H92O3. The zero-order chi connectivity index (χ0) is 34.9. The monoisotopic (exact) mass is 681 g/mol. The molecule has 0 saturated heterocycles. The summed E-state index contributed by atoms with van der Waals surface area (Å²) >= 11 is 0. The van der Waals surface area contributed by atoms with Crippen molar-refractivity contribution in [3.8, 4) is 0 Å². The third kappa shape index (κ3) is 38.7. The fraction of sp³-hybridized carbons (Fsp3) is 1.00. The van der Waals surface area contributed by atoms with E-state index in [9.17, 15) is 5.11 Å². The molecular weight excluding hydrogens is 588 g/mol. The molecule has 0 aromatic carbocycles. The van der Waals surface area contributed by atoms with Crippen LogP contribution in [0.3, 0.4) is 0 Å². The Kier molecular flexibility index (Phi) is 41.2. The third-order valence-corrected chi connectivity index (χ3v) is 10.6. The van der Waals surface area contributed by atoms with Crippen LogP contribution in [0.2, 0.25) is 0 Å². The Morgan fingerprint density at radius 3 is 0.688 bits per heavy atom. The normalized spacial score (nSPS) is 12.0. The van der Waals surface area contributed by atoms with Crippen molar-refractivity contribution >= 4 is 0 Å². The van der Waals surface area contributed by atoms with Gasteiger partial charge in [0.2, 0.25) is 0 Å². The smallest absolute Gasteiger partial charge is 0.0563 e. The molecule has 290 valence electrons. The first-order chi connectivity index (χ1) is 23.7. The van der Waals surface area contributed by atoms with Crippen LogP contribution >= 0.6 is 0 Å². The van der Waals surface area contributed by atoms with E-state index in [0.29, 0.717) is 13.2 Å². The van der Waals surface area contributed by atoms with Crippen molar-refractivity contribution in [3.05, 3.63) is 0 Å². The average Bonchev–Trinajstić information content (AvgIpc) is 3.10. The molecule has 48 heavy (non-hydrogen) atoms. The standard InChI is InChI=1S/C45H92O3/c1-4-6-8-10-12-14-16-18-20-22-24-26-28-30-32-34-36-38-40-47-43-45(3,42-46)44-48-41-39-37-35-33-31-29-27-25-23-21-19-17-15-13-11-9-7-5-2/h46H,4-44H2,1-3H3. The van der Waals surface area contributed by atoms with Gasteiger partial charge in [-0.2, -0.15) is 0 Å². The molecule has 0 saturated carbocycles. The Balaban J connectivity index is 3.34. The van der Waals surface area contributed by atoms with Crippen molar-refractivity contribution in [2.24, 2.45) is 5.41 Å². The summed E-state index contributed by atoms with van der Waals surface area (Å²) in [5, 5.41) is 9.94. The molecule has 0 spiro atoms. The maximum atomic E-state index is 9.94. The van der Waals surface area contributed by atoms with Gasteiger partial charge in [-0.3, -0.25) is 0 Å². The number of hydrogen-bond acceptors (Lipinski definition) is 3.